The first-order chi connectivity index (χ1) is 8.75. The molecule has 0 aliphatic heterocycles. The lowest BCUT2D eigenvalue weighted by Gasteiger charge is -2.34. The first kappa shape index (κ1) is 14.3. The van der Waals surface area contributed by atoms with Gasteiger partial charge in [0.05, 0.1) is 5.69 Å². The van der Waals surface area contributed by atoms with Gasteiger partial charge in [-0.1, -0.05) is 19.3 Å². The molecule has 0 saturated heterocycles. The lowest BCUT2D eigenvalue weighted by atomic mass is 9.84. The summed E-state index contributed by atoms with van der Waals surface area (Å²) < 4.78 is 29.3. The van der Waals surface area contributed by atoms with Crippen LogP contribution >= 0.6 is 0 Å². The Hall–Kier alpha value is -1.08. The SMILES string of the molecule is Cc1c(S(=O)(=O)NC2(C)CCCCC2)c(N)nn1C. The summed E-state index contributed by atoms with van der Waals surface area (Å²) >= 11 is 0. The molecule has 1 saturated carbocycles. The molecular weight excluding hydrogens is 264 g/mol. The third-order valence-electron chi connectivity index (χ3n) is 3.91. The minimum Gasteiger partial charge on any atom is -0.381 e. The molecule has 0 radical (unpaired) electrons. The van der Waals surface area contributed by atoms with E-state index < -0.39 is 10.0 Å². The quantitative estimate of drug-likeness (QED) is 0.876. The largest absolute Gasteiger partial charge is 0.381 e. The van der Waals surface area contributed by atoms with Crippen molar-refractivity contribution in [3.63, 3.8) is 0 Å². The highest BCUT2D eigenvalue weighted by Gasteiger charge is 2.34. The number of nitrogen functional groups attached to an aromatic ring is 1. The van der Waals surface area contributed by atoms with Crippen LogP contribution in [0.1, 0.15) is 44.7 Å². The van der Waals surface area contributed by atoms with E-state index in [-0.39, 0.29) is 16.3 Å². The summed E-state index contributed by atoms with van der Waals surface area (Å²) in [6, 6.07) is 0. The van der Waals surface area contributed by atoms with Crippen molar-refractivity contribution in [1.82, 2.24) is 14.5 Å². The van der Waals surface area contributed by atoms with Crippen LogP contribution < -0.4 is 10.5 Å². The maximum Gasteiger partial charge on any atom is 0.246 e. The fourth-order valence-corrected chi connectivity index (χ4v) is 4.55. The predicted octanol–water partition coefficient (Wildman–Crippen LogP) is 1.31. The lowest BCUT2D eigenvalue weighted by Crippen LogP contribution is -2.47. The van der Waals surface area contributed by atoms with E-state index in [1.807, 2.05) is 6.92 Å². The molecule has 108 valence electrons. The summed E-state index contributed by atoms with van der Waals surface area (Å²) in [5, 5.41) is 3.97. The van der Waals surface area contributed by atoms with Gasteiger partial charge in [0.2, 0.25) is 10.0 Å². The molecule has 0 spiro atoms. The van der Waals surface area contributed by atoms with E-state index in [2.05, 4.69) is 9.82 Å². The molecule has 1 aromatic heterocycles. The maximum atomic E-state index is 12.5. The third kappa shape index (κ3) is 2.76. The van der Waals surface area contributed by atoms with Crippen molar-refractivity contribution in [2.45, 2.75) is 56.4 Å². The molecule has 2 rings (SSSR count). The van der Waals surface area contributed by atoms with Crippen molar-refractivity contribution < 1.29 is 8.42 Å². The Bertz CT molecular complexity index is 571. The van der Waals surface area contributed by atoms with Gasteiger partial charge in [0.15, 0.2) is 5.82 Å². The van der Waals surface area contributed by atoms with Crippen molar-refractivity contribution in [2.75, 3.05) is 5.73 Å². The molecule has 0 amide bonds. The molecule has 19 heavy (non-hydrogen) atoms. The standard InChI is InChI=1S/C12H22N4O2S/c1-9-10(11(13)14-16(9)3)19(17,18)15-12(2)7-5-4-6-8-12/h15H,4-8H2,1-3H3,(H2,13,14). The average Bonchev–Trinajstić information content (AvgIpc) is 2.52. The fourth-order valence-electron chi connectivity index (χ4n) is 2.76. The summed E-state index contributed by atoms with van der Waals surface area (Å²) in [5.74, 6) is 0.0620. The van der Waals surface area contributed by atoms with Crippen LogP contribution in [0.5, 0.6) is 0 Å². The topological polar surface area (TPSA) is 90.0 Å². The molecule has 1 aliphatic rings. The van der Waals surface area contributed by atoms with Crippen LogP contribution in [0.15, 0.2) is 4.90 Å². The highest BCUT2D eigenvalue weighted by molar-refractivity contribution is 7.89. The first-order valence-corrected chi connectivity index (χ1v) is 8.06. The van der Waals surface area contributed by atoms with Gasteiger partial charge in [-0.05, 0) is 26.7 Å². The van der Waals surface area contributed by atoms with E-state index in [9.17, 15) is 8.42 Å². The molecule has 1 fully saturated rings. The first-order valence-electron chi connectivity index (χ1n) is 6.58. The van der Waals surface area contributed by atoms with Crippen LogP contribution in [-0.2, 0) is 17.1 Å². The number of aryl methyl sites for hydroxylation is 1. The second-order valence-electron chi connectivity index (χ2n) is 5.65. The monoisotopic (exact) mass is 286 g/mol. The predicted molar refractivity (Wildman–Crippen MR) is 74.2 cm³/mol. The summed E-state index contributed by atoms with van der Waals surface area (Å²) in [5.41, 5.74) is 5.92. The zero-order chi connectivity index (χ0) is 14.3. The van der Waals surface area contributed by atoms with Crippen LogP contribution in [0.3, 0.4) is 0 Å². The Morgan fingerprint density at radius 1 is 1.32 bits per heavy atom. The third-order valence-corrected chi connectivity index (χ3v) is 5.71. The minimum atomic E-state index is -3.62. The zero-order valence-electron chi connectivity index (χ0n) is 11.7. The summed E-state index contributed by atoms with van der Waals surface area (Å²) in [6.07, 6.45) is 5.02. The Kier molecular flexibility index (Phi) is 3.61. The molecule has 0 bridgehead atoms. The van der Waals surface area contributed by atoms with Crippen molar-refractivity contribution in [3.8, 4) is 0 Å². The summed E-state index contributed by atoms with van der Waals surface area (Å²) in [7, 11) is -1.93. The Morgan fingerprint density at radius 2 is 1.89 bits per heavy atom. The molecule has 6 nitrogen and oxygen atoms in total. The van der Waals surface area contributed by atoms with Crippen molar-refractivity contribution in [2.24, 2.45) is 7.05 Å². The lowest BCUT2D eigenvalue weighted by molar-refractivity contribution is 0.294. The molecule has 0 unspecified atom stereocenters. The number of anilines is 1. The summed E-state index contributed by atoms with van der Waals surface area (Å²) in [4.78, 5) is 0.113. The molecule has 0 aromatic carbocycles. The van der Waals surface area contributed by atoms with Gasteiger partial charge in [0.25, 0.3) is 0 Å². The summed E-state index contributed by atoms with van der Waals surface area (Å²) in [6.45, 7) is 3.67. The van der Waals surface area contributed by atoms with E-state index >= 15 is 0 Å². The van der Waals surface area contributed by atoms with Crippen LogP contribution in [0.25, 0.3) is 0 Å². The molecule has 7 heteroatoms. The Labute approximate surface area is 114 Å². The number of hydrogen-bond acceptors (Lipinski definition) is 4. The zero-order valence-corrected chi connectivity index (χ0v) is 12.5. The Balaban J connectivity index is 2.32. The number of hydrogen-bond donors (Lipinski definition) is 2. The average molecular weight is 286 g/mol. The molecule has 0 atom stereocenters. The van der Waals surface area contributed by atoms with E-state index in [4.69, 9.17) is 5.73 Å². The number of aromatic nitrogens is 2. The number of rotatable bonds is 3. The normalized spacial score (nSPS) is 19.5. The molecule has 1 aromatic rings. The molecule has 1 aliphatic carbocycles. The van der Waals surface area contributed by atoms with Crippen LogP contribution in [0.2, 0.25) is 0 Å². The van der Waals surface area contributed by atoms with Gasteiger partial charge >= 0.3 is 0 Å². The van der Waals surface area contributed by atoms with Crippen LogP contribution in [0, 0.1) is 6.92 Å². The van der Waals surface area contributed by atoms with E-state index in [0.717, 1.165) is 25.7 Å². The second-order valence-corrected chi connectivity index (χ2v) is 7.27. The number of sulfonamides is 1. The van der Waals surface area contributed by atoms with Gasteiger partial charge in [0.1, 0.15) is 4.90 Å². The smallest absolute Gasteiger partial charge is 0.246 e. The van der Waals surface area contributed by atoms with E-state index in [1.54, 1.807) is 14.0 Å². The fraction of sp³-hybridized carbons (Fsp3) is 0.750. The molecular formula is C12H22N4O2S. The van der Waals surface area contributed by atoms with Crippen molar-refractivity contribution >= 4 is 15.8 Å². The number of nitrogens with zero attached hydrogens (tertiary/aromatic N) is 2. The maximum absolute atomic E-state index is 12.5. The molecule has 3 N–H and O–H groups in total. The van der Waals surface area contributed by atoms with Crippen molar-refractivity contribution in [1.29, 1.82) is 0 Å². The van der Waals surface area contributed by atoms with Gasteiger partial charge in [-0.15, -0.1) is 0 Å². The van der Waals surface area contributed by atoms with Crippen molar-refractivity contribution in [3.05, 3.63) is 5.69 Å². The Morgan fingerprint density at radius 3 is 2.37 bits per heavy atom. The number of nitrogens with one attached hydrogen (secondary N) is 1. The van der Waals surface area contributed by atoms with Gasteiger partial charge in [-0.3, -0.25) is 4.68 Å². The van der Waals surface area contributed by atoms with E-state index in [0.29, 0.717) is 5.69 Å². The number of nitrogens with two attached hydrogens (primary N) is 1. The van der Waals surface area contributed by atoms with Crippen LogP contribution in [0.4, 0.5) is 5.82 Å². The van der Waals surface area contributed by atoms with Crippen LogP contribution in [-0.4, -0.2) is 23.7 Å². The van der Waals surface area contributed by atoms with Gasteiger partial charge in [-0.2, -0.15) is 5.10 Å². The molecule has 1 heterocycles. The van der Waals surface area contributed by atoms with Gasteiger partial charge in [0, 0.05) is 12.6 Å². The van der Waals surface area contributed by atoms with E-state index in [1.165, 1.54) is 11.1 Å². The second kappa shape index (κ2) is 4.79. The minimum absolute atomic E-state index is 0.0620. The van der Waals surface area contributed by atoms with Gasteiger partial charge < -0.3 is 5.73 Å². The highest BCUT2D eigenvalue weighted by atomic mass is 32.2. The highest BCUT2D eigenvalue weighted by Crippen LogP contribution is 2.30. The van der Waals surface area contributed by atoms with Gasteiger partial charge in [-0.25, -0.2) is 13.1 Å².